The molecule has 17 heteroatoms. The second kappa shape index (κ2) is 13.8. The molecule has 14 nitrogen and oxygen atoms in total. The zero-order valence-electron chi connectivity index (χ0n) is 15.7. The molecule has 162 valence electrons. The molecule has 2 heterocycles. The van der Waals surface area contributed by atoms with Gasteiger partial charge in [-0.25, -0.2) is 4.57 Å². The Balaban J connectivity index is 0.00000392. The third kappa shape index (κ3) is 8.61. The molecular formula is C12H23K2O14P. The first-order valence-corrected chi connectivity index (χ1v) is 9.35. The second-order valence-electron chi connectivity index (χ2n) is 6.13. The summed E-state index contributed by atoms with van der Waals surface area (Å²) in [7, 11) is -4.92. The minimum absolute atomic E-state index is 0. The molecule has 29 heavy (non-hydrogen) atoms. The standard InChI is InChI=1S/C12H23O14P.2K/c13-1-3-5(14)7(16)9(18)11(24-3)26-12-10(19)8(17)6(15)4(25-12)2-23-27(20,21)22;;/h3-19H,1-2H2,(H2,20,21,22);;/t3-,4-,5-,6-,7+,8+,9-,10-,11-,12-;;/m1../s1. The van der Waals surface area contributed by atoms with Crippen molar-refractivity contribution in [3.63, 3.8) is 0 Å². The molecule has 2 fully saturated rings. The molecule has 0 aromatic rings. The number of rotatable bonds is 6. The average Bonchev–Trinajstić information content (AvgIpc) is 2.60. The minimum Gasteiger partial charge on any atom is -0.394 e. The monoisotopic (exact) mass is 500 g/mol. The fourth-order valence-electron chi connectivity index (χ4n) is 2.65. The molecule has 9 N–H and O–H groups in total. The van der Waals surface area contributed by atoms with Crippen molar-refractivity contribution in [2.75, 3.05) is 13.2 Å². The van der Waals surface area contributed by atoms with E-state index in [0.717, 1.165) is 0 Å². The van der Waals surface area contributed by atoms with Crippen molar-refractivity contribution < 1.29 is 68.8 Å². The van der Waals surface area contributed by atoms with Gasteiger partial charge in [-0.3, -0.25) is 4.52 Å². The van der Waals surface area contributed by atoms with Crippen LogP contribution < -0.4 is 0 Å². The van der Waals surface area contributed by atoms with Crippen LogP contribution in [0.2, 0.25) is 0 Å². The Morgan fingerprint density at radius 3 is 1.55 bits per heavy atom. The van der Waals surface area contributed by atoms with Crippen molar-refractivity contribution in [2.45, 2.75) is 61.4 Å². The number of hydrogen-bond donors (Lipinski definition) is 9. The molecule has 0 aromatic heterocycles. The third-order valence-corrected chi connectivity index (χ3v) is 4.68. The Kier molecular flexibility index (Phi) is 15.2. The van der Waals surface area contributed by atoms with Gasteiger partial charge in [0.15, 0.2) is 12.6 Å². The normalized spacial score (nSPS) is 43.2. The number of aliphatic hydroxyl groups excluding tert-OH is 7. The van der Waals surface area contributed by atoms with Gasteiger partial charge >= 0.3 is 7.82 Å². The molecule has 2 saturated heterocycles. The smallest absolute Gasteiger partial charge is 0.394 e. The molecule has 0 aromatic carbocycles. The number of hydrogen-bond acceptors (Lipinski definition) is 12. The molecule has 10 atom stereocenters. The molecule has 2 radical (unpaired) electrons. The molecular weight excluding hydrogens is 477 g/mol. The zero-order valence-corrected chi connectivity index (χ0v) is 22.8. The maximum Gasteiger partial charge on any atom is 0.469 e. The summed E-state index contributed by atoms with van der Waals surface area (Å²) in [5.74, 6) is 0. The van der Waals surface area contributed by atoms with Gasteiger partial charge in [-0.05, 0) is 0 Å². The van der Waals surface area contributed by atoms with Gasteiger partial charge in [-0.2, -0.15) is 0 Å². The van der Waals surface area contributed by atoms with Gasteiger partial charge in [0, 0.05) is 103 Å². The Labute approximate surface area is 250 Å². The fraction of sp³-hybridized carbons (Fsp3) is 1.00. The summed E-state index contributed by atoms with van der Waals surface area (Å²) in [6.45, 7) is -1.61. The van der Waals surface area contributed by atoms with Crippen molar-refractivity contribution in [2.24, 2.45) is 0 Å². The summed E-state index contributed by atoms with van der Waals surface area (Å²) in [6.07, 6.45) is -17.1. The number of aliphatic hydroxyl groups is 7. The number of ether oxygens (including phenoxy) is 3. The van der Waals surface area contributed by atoms with Crippen LogP contribution >= 0.6 is 7.82 Å². The van der Waals surface area contributed by atoms with Crippen LogP contribution in [0.3, 0.4) is 0 Å². The van der Waals surface area contributed by atoms with Gasteiger partial charge in [-0.1, -0.05) is 0 Å². The van der Waals surface area contributed by atoms with Crippen LogP contribution in [0.25, 0.3) is 0 Å². The van der Waals surface area contributed by atoms with Crippen LogP contribution in [0.5, 0.6) is 0 Å². The van der Waals surface area contributed by atoms with Crippen LogP contribution in [0, 0.1) is 0 Å². The van der Waals surface area contributed by atoms with E-state index < -0.39 is 82.4 Å². The summed E-state index contributed by atoms with van der Waals surface area (Å²) in [5.41, 5.74) is 0. The summed E-state index contributed by atoms with van der Waals surface area (Å²) < 4.78 is 30.3. The Hall–Kier alpha value is 2.98. The van der Waals surface area contributed by atoms with Crippen molar-refractivity contribution in [3.8, 4) is 0 Å². The van der Waals surface area contributed by atoms with E-state index in [1.165, 1.54) is 0 Å². The first-order chi connectivity index (χ1) is 12.5. The zero-order chi connectivity index (χ0) is 20.5. The van der Waals surface area contributed by atoms with Gasteiger partial charge in [0.1, 0.15) is 48.8 Å². The summed E-state index contributed by atoms with van der Waals surface area (Å²) in [6, 6.07) is 0. The van der Waals surface area contributed by atoms with Crippen molar-refractivity contribution >= 4 is 111 Å². The van der Waals surface area contributed by atoms with Gasteiger partial charge in [-0.15, -0.1) is 0 Å². The predicted molar refractivity (Wildman–Crippen MR) is 91.0 cm³/mol. The van der Waals surface area contributed by atoms with E-state index in [2.05, 4.69) is 4.52 Å². The number of phosphoric acid groups is 1. The molecule has 0 saturated carbocycles. The van der Waals surface area contributed by atoms with Crippen molar-refractivity contribution in [1.29, 1.82) is 0 Å². The summed E-state index contributed by atoms with van der Waals surface area (Å²) >= 11 is 0. The van der Waals surface area contributed by atoms with Gasteiger partial charge in [0.05, 0.1) is 13.2 Å². The van der Waals surface area contributed by atoms with Crippen LogP contribution in [-0.2, 0) is 23.3 Å². The first kappa shape index (κ1) is 32.0. The van der Waals surface area contributed by atoms with Crippen LogP contribution in [0.4, 0.5) is 0 Å². The molecule has 2 rings (SSSR count). The van der Waals surface area contributed by atoms with E-state index in [9.17, 15) is 35.2 Å². The Morgan fingerprint density at radius 2 is 1.14 bits per heavy atom. The van der Waals surface area contributed by atoms with Crippen molar-refractivity contribution in [1.82, 2.24) is 0 Å². The van der Waals surface area contributed by atoms with E-state index in [-0.39, 0.29) is 103 Å². The third-order valence-electron chi connectivity index (χ3n) is 4.19. The summed E-state index contributed by atoms with van der Waals surface area (Å²) in [5, 5.41) is 68.1. The second-order valence-corrected chi connectivity index (χ2v) is 7.37. The van der Waals surface area contributed by atoms with E-state index in [1.54, 1.807) is 0 Å². The molecule has 0 amide bonds. The average molecular weight is 500 g/mol. The molecule has 0 bridgehead atoms. The van der Waals surface area contributed by atoms with Crippen LogP contribution in [0.1, 0.15) is 0 Å². The Morgan fingerprint density at radius 1 is 0.724 bits per heavy atom. The minimum atomic E-state index is -4.92. The molecule has 0 aliphatic carbocycles. The largest absolute Gasteiger partial charge is 0.469 e. The molecule has 2 aliphatic rings. The number of phosphoric ester groups is 1. The van der Waals surface area contributed by atoms with E-state index >= 15 is 0 Å². The Bertz CT molecular complexity index is 537. The van der Waals surface area contributed by atoms with E-state index in [1.807, 2.05) is 0 Å². The van der Waals surface area contributed by atoms with E-state index in [0.29, 0.717) is 0 Å². The maximum atomic E-state index is 10.8. The van der Waals surface area contributed by atoms with Crippen LogP contribution in [-0.4, -0.2) is 223 Å². The molecule has 2 aliphatic heterocycles. The van der Waals surface area contributed by atoms with Gasteiger partial charge in [0.25, 0.3) is 0 Å². The van der Waals surface area contributed by atoms with Crippen molar-refractivity contribution in [3.05, 3.63) is 0 Å². The van der Waals surface area contributed by atoms with Crippen LogP contribution in [0.15, 0.2) is 0 Å². The SMILES string of the molecule is O=P(O)(O)OC[C@H]1O[C@H](O[C@H]2O[C@H](CO)[C@@H](O)[C@H](O)[C@H]2O)[C@H](O)[C@@H](O)[C@@H]1O.[K].[K]. The quantitative estimate of drug-likeness (QED) is 0.122. The fourth-order valence-corrected chi connectivity index (χ4v) is 2.99. The topological polar surface area (TPSA) is 236 Å². The summed E-state index contributed by atoms with van der Waals surface area (Å²) in [4.78, 5) is 17.4. The maximum absolute atomic E-state index is 10.8. The van der Waals surface area contributed by atoms with Gasteiger partial charge < -0.3 is 59.7 Å². The molecule has 0 spiro atoms. The van der Waals surface area contributed by atoms with E-state index in [4.69, 9.17) is 29.1 Å². The first-order valence-electron chi connectivity index (χ1n) is 7.82. The predicted octanol–water partition coefficient (Wildman–Crippen LogP) is -6.04. The van der Waals surface area contributed by atoms with Gasteiger partial charge in [0.2, 0.25) is 0 Å². The molecule has 0 unspecified atom stereocenters.